The zero-order chi connectivity index (χ0) is 34.8. The molecular weight excluding hydrogens is 751 g/mol. The Bertz CT molecular complexity index is 1400. The average Bonchev–Trinajstić information content (AvgIpc) is 3.12. The quantitative estimate of drug-likeness (QED) is 0.0506. The third kappa shape index (κ3) is 13.1. The fraction of sp³-hybridized carbons (Fsp3) is 0.324. The second-order valence-corrected chi connectivity index (χ2v) is 16.4. The van der Waals surface area contributed by atoms with Crippen molar-refractivity contribution in [3.8, 4) is 0 Å². The summed E-state index contributed by atoms with van der Waals surface area (Å²) in [6.45, 7) is 1.45. The summed E-state index contributed by atoms with van der Waals surface area (Å²) in [7, 11) is 1.42. The Morgan fingerprint density at radius 2 is 1.33 bits per heavy atom. The molecule has 2 atom stereocenters. The SMILES string of the molecule is CCOC(=O)CNC(=O)C(CSSCC(=O)NC[P+](c1ccccc1)(c1ccccc1)c1ccccc1)NC(=O)CCC(N)C(=O)OC.[Br-]. The van der Waals surface area contributed by atoms with Crippen molar-refractivity contribution in [2.24, 2.45) is 5.73 Å². The maximum atomic E-state index is 13.2. The van der Waals surface area contributed by atoms with Crippen LogP contribution in [0.1, 0.15) is 19.8 Å². The van der Waals surface area contributed by atoms with E-state index in [1.54, 1.807) is 6.92 Å². The van der Waals surface area contributed by atoms with Gasteiger partial charge in [0.05, 0.1) is 19.5 Å². The fourth-order valence-corrected chi connectivity index (χ4v) is 10.7. The number of carbonyl (C=O) groups excluding carboxylic acids is 5. The van der Waals surface area contributed by atoms with E-state index in [-0.39, 0.29) is 60.4 Å². The number of esters is 2. The number of hydrogen-bond acceptors (Lipinski definition) is 10. The molecule has 3 rings (SSSR count). The summed E-state index contributed by atoms with van der Waals surface area (Å²) in [5, 5.41) is 11.7. The van der Waals surface area contributed by atoms with Gasteiger partial charge in [-0.1, -0.05) is 76.2 Å². The van der Waals surface area contributed by atoms with E-state index in [1.807, 2.05) is 54.6 Å². The smallest absolute Gasteiger partial charge is 0.325 e. The molecule has 3 aromatic carbocycles. The third-order valence-corrected chi connectivity index (χ3v) is 13.6. The molecular formula is C34H42BrN4O7PS2. The van der Waals surface area contributed by atoms with Crippen LogP contribution in [0.4, 0.5) is 0 Å². The van der Waals surface area contributed by atoms with Gasteiger partial charge in [0.15, 0.2) is 0 Å². The Morgan fingerprint density at radius 3 is 1.82 bits per heavy atom. The zero-order valence-electron chi connectivity index (χ0n) is 27.3. The van der Waals surface area contributed by atoms with Gasteiger partial charge < -0.3 is 48.1 Å². The topological polar surface area (TPSA) is 166 Å². The first-order chi connectivity index (χ1) is 23.2. The Labute approximate surface area is 306 Å². The lowest BCUT2D eigenvalue weighted by Crippen LogP contribution is -3.00. The highest BCUT2D eigenvalue weighted by Gasteiger charge is 2.45. The largest absolute Gasteiger partial charge is 1.00 e. The van der Waals surface area contributed by atoms with Crippen molar-refractivity contribution in [1.82, 2.24) is 16.0 Å². The number of amides is 3. The molecule has 0 aliphatic carbocycles. The van der Waals surface area contributed by atoms with E-state index in [1.165, 1.54) is 28.7 Å². The minimum atomic E-state index is -2.26. The van der Waals surface area contributed by atoms with Crippen molar-refractivity contribution in [2.45, 2.75) is 31.8 Å². The van der Waals surface area contributed by atoms with Gasteiger partial charge in [-0.3, -0.25) is 24.0 Å². The minimum Gasteiger partial charge on any atom is -1.00 e. The van der Waals surface area contributed by atoms with Gasteiger partial charge in [0.1, 0.15) is 48.1 Å². The van der Waals surface area contributed by atoms with Crippen LogP contribution in [0.5, 0.6) is 0 Å². The molecule has 5 N–H and O–H groups in total. The average molecular weight is 794 g/mol. The monoisotopic (exact) mass is 792 g/mol. The zero-order valence-corrected chi connectivity index (χ0v) is 31.5. The van der Waals surface area contributed by atoms with Gasteiger partial charge in [0.25, 0.3) is 0 Å². The summed E-state index contributed by atoms with van der Waals surface area (Å²) >= 11 is 0. The van der Waals surface area contributed by atoms with Crippen LogP contribution in [0, 0.1) is 0 Å². The predicted molar refractivity (Wildman–Crippen MR) is 194 cm³/mol. The van der Waals surface area contributed by atoms with Crippen molar-refractivity contribution in [1.29, 1.82) is 0 Å². The van der Waals surface area contributed by atoms with Gasteiger partial charge in [0.2, 0.25) is 17.7 Å². The normalized spacial score (nSPS) is 12.0. The Hall–Kier alpha value is -3.42. The Kier molecular flexibility index (Phi) is 19.0. The van der Waals surface area contributed by atoms with Crippen molar-refractivity contribution in [3.63, 3.8) is 0 Å². The molecule has 0 aliphatic rings. The number of methoxy groups -OCH3 is 1. The molecule has 49 heavy (non-hydrogen) atoms. The van der Waals surface area contributed by atoms with Crippen LogP contribution in [0.15, 0.2) is 91.0 Å². The molecule has 0 radical (unpaired) electrons. The van der Waals surface area contributed by atoms with Crippen molar-refractivity contribution < 1.29 is 50.4 Å². The molecule has 15 heteroatoms. The van der Waals surface area contributed by atoms with Crippen LogP contribution < -0.4 is 54.6 Å². The first kappa shape index (κ1) is 41.7. The molecule has 0 spiro atoms. The van der Waals surface area contributed by atoms with Gasteiger partial charge in [0, 0.05) is 12.2 Å². The number of nitrogens with two attached hydrogens (primary N) is 1. The van der Waals surface area contributed by atoms with Crippen molar-refractivity contribution in [2.75, 3.05) is 38.1 Å². The van der Waals surface area contributed by atoms with E-state index < -0.39 is 43.1 Å². The fourth-order valence-electron chi connectivity index (χ4n) is 4.74. The summed E-state index contributed by atoms with van der Waals surface area (Å²) in [4.78, 5) is 62.1. The first-order valence-corrected chi connectivity index (χ1v) is 19.8. The molecule has 0 saturated heterocycles. The molecule has 0 fully saturated rings. The van der Waals surface area contributed by atoms with Gasteiger partial charge >= 0.3 is 11.9 Å². The van der Waals surface area contributed by atoms with E-state index in [9.17, 15) is 24.0 Å². The number of carbonyl (C=O) groups is 5. The number of benzene rings is 3. The first-order valence-electron chi connectivity index (χ1n) is 15.3. The molecule has 3 aromatic rings. The Balaban J connectivity index is 0.00000833. The van der Waals surface area contributed by atoms with Gasteiger partial charge in [-0.05, 0) is 49.7 Å². The van der Waals surface area contributed by atoms with E-state index in [0.29, 0.717) is 6.29 Å². The van der Waals surface area contributed by atoms with Crippen LogP contribution >= 0.6 is 28.9 Å². The second-order valence-electron chi connectivity index (χ2n) is 10.4. The maximum Gasteiger partial charge on any atom is 0.325 e. The van der Waals surface area contributed by atoms with Crippen LogP contribution in [-0.2, 0) is 33.4 Å². The molecule has 0 bridgehead atoms. The van der Waals surface area contributed by atoms with Crippen LogP contribution in [-0.4, -0.2) is 79.8 Å². The van der Waals surface area contributed by atoms with Crippen LogP contribution in [0.2, 0.25) is 0 Å². The lowest BCUT2D eigenvalue weighted by atomic mass is 10.1. The standard InChI is InChI=1S/C34H41N4O7PS2.BrH/c1-3-45-32(41)21-36-33(42)29(38-30(39)20-19-28(35)34(43)44-2)22-47-48-23-31(40)37-24-46(25-13-7-4-8-14-25,26-15-9-5-10-16-26)27-17-11-6-12-18-27;/h4-18,28-29H,3,19-24,35H2,1-2H3,(H2-,36,37,38,39,40,42);1H. The highest BCUT2D eigenvalue weighted by molar-refractivity contribution is 8.76. The summed E-state index contributed by atoms with van der Waals surface area (Å²) < 4.78 is 9.44. The number of halogens is 1. The minimum absolute atomic E-state index is 0. The molecule has 3 amide bonds. The molecule has 0 saturated carbocycles. The lowest BCUT2D eigenvalue weighted by Gasteiger charge is -2.27. The van der Waals surface area contributed by atoms with Gasteiger partial charge in [-0.15, -0.1) is 0 Å². The number of hydrogen-bond donors (Lipinski definition) is 4. The lowest BCUT2D eigenvalue weighted by molar-refractivity contribution is -0.143. The van der Waals surface area contributed by atoms with E-state index in [4.69, 9.17) is 10.5 Å². The molecule has 264 valence electrons. The number of nitrogens with one attached hydrogen (secondary N) is 3. The second kappa shape index (κ2) is 22.3. The van der Waals surface area contributed by atoms with E-state index in [0.717, 1.165) is 15.9 Å². The predicted octanol–water partition coefficient (Wildman–Crippen LogP) is -1.12. The van der Waals surface area contributed by atoms with E-state index >= 15 is 0 Å². The van der Waals surface area contributed by atoms with Crippen LogP contribution in [0.3, 0.4) is 0 Å². The van der Waals surface area contributed by atoms with Crippen molar-refractivity contribution >= 4 is 74.4 Å². The highest BCUT2D eigenvalue weighted by atomic mass is 79.9. The Morgan fingerprint density at radius 1 is 0.796 bits per heavy atom. The molecule has 0 aromatic heterocycles. The van der Waals surface area contributed by atoms with Crippen molar-refractivity contribution in [3.05, 3.63) is 91.0 Å². The maximum absolute atomic E-state index is 13.2. The molecule has 2 unspecified atom stereocenters. The summed E-state index contributed by atoms with van der Waals surface area (Å²) in [6.07, 6.45) is 0.321. The summed E-state index contributed by atoms with van der Waals surface area (Å²) in [5.41, 5.74) is 5.72. The van der Waals surface area contributed by atoms with Crippen LogP contribution in [0.25, 0.3) is 0 Å². The molecule has 0 heterocycles. The molecule has 11 nitrogen and oxygen atoms in total. The highest BCUT2D eigenvalue weighted by Crippen LogP contribution is 2.54. The summed E-state index contributed by atoms with van der Waals surface area (Å²) in [6, 6.07) is 28.6. The van der Waals surface area contributed by atoms with E-state index in [2.05, 4.69) is 57.1 Å². The van der Waals surface area contributed by atoms with Gasteiger partial charge in [-0.25, -0.2) is 0 Å². The third-order valence-electron chi connectivity index (χ3n) is 7.16. The number of ether oxygens (including phenoxy) is 2. The number of rotatable bonds is 19. The summed E-state index contributed by atoms with van der Waals surface area (Å²) in [5.74, 6) is -2.32. The van der Waals surface area contributed by atoms with Gasteiger partial charge in [-0.2, -0.15) is 0 Å². The molecule has 0 aliphatic heterocycles.